The van der Waals surface area contributed by atoms with Crippen LogP contribution in [0.25, 0.3) is 10.9 Å². The monoisotopic (exact) mass is 204 g/mol. The van der Waals surface area contributed by atoms with Crippen molar-refractivity contribution in [3.63, 3.8) is 0 Å². The van der Waals surface area contributed by atoms with Gasteiger partial charge in [-0.2, -0.15) is 4.73 Å². The molecule has 2 N–H and O–H groups in total. The third-order valence-electron chi connectivity index (χ3n) is 2.45. The lowest BCUT2D eigenvalue weighted by molar-refractivity contribution is 0.188. The first kappa shape index (κ1) is 9.58. The highest BCUT2D eigenvalue weighted by Crippen LogP contribution is 2.11. The molecule has 78 valence electrons. The van der Waals surface area contributed by atoms with Gasteiger partial charge in [-0.1, -0.05) is 30.3 Å². The molecule has 0 unspecified atom stereocenters. The Morgan fingerprint density at radius 2 is 2.07 bits per heavy atom. The second kappa shape index (κ2) is 3.65. The smallest absolute Gasteiger partial charge is 0.113 e. The van der Waals surface area contributed by atoms with Crippen molar-refractivity contribution in [2.24, 2.45) is 5.16 Å². The van der Waals surface area contributed by atoms with Crippen LogP contribution in [0.3, 0.4) is 0 Å². The van der Waals surface area contributed by atoms with E-state index in [1.54, 1.807) is 18.2 Å². The van der Waals surface area contributed by atoms with Crippen LogP contribution in [0.2, 0.25) is 0 Å². The predicted molar refractivity (Wildman–Crippen MR) is 55.9 cm³/mol. The molecular formula is C11H12N2O2. The molecule has 0 aliphatic carbocycles. The summed E-state index contributed by atoms with van der Waals surface area (Å²) in [6, 6.07) is 8.92. The largest absolute Gasteiger partial charge is 0.428 e. The van der Waals surface area contributed by atoms with Gasteiger partial charge in [0.05, 0.1) is 11.2 Å². The van der Waals surface area contributed by atoms with Gasteiger partial charge in [-0.3, -0.25) is 0 Å². The van der Waals surface area contributed by atoms with E-state index in [0.29, 0.717) is 23.0 Å². The first-order valence-corrected chi connectivity index (χ1v) is 4.79. The molecule has 15 heavy (non-hydrogen) atoms. The molecule has 0 spiro atoms. The fourth-order valence-electron chi connectivity index (χ4n) is 1.66. The highest BCUT2D eigenvalue weighted by Gasteiger charge is 2.04. The van der Waals surface area contributed by atoms with E-state index in [0.717, 1.165) is 10.1 Å². The molecule has 0 bridgehead atoms. The minimum atomic E-state index is 0.479. The van der Waals surface area contributed by atoms with Crippen molar-refractivity contribution in [3.8, 4) is 0 Å². The Kier molecular flexibility index (Phi) is 2.33. The van der Waals surface area contributed by atoms with Gasteiger partial charge in [-0.05, 0) is 18.6 Å². The van der Waals surface area contributed by atoms with Crippen LogP contribution in [-0.4, -0.2) is 15.1 Å². The lowest BCUT2D eigenvalue weighted by atomic mass is 10.1. The molecule has 0 fully saturated rings. The van der Waals surface area contributed by atoms with Crippen molar-refractivity contribution in [2.75, 3.05) is 0 Å². The Labute approximate surface area is 86.7 Å². The van der Waals surface area contributed by atoms with Crippen molar-refractivity contribution in [1.82, 2.24) is 4.73 Å². The number of pyridine rings is 1. The first-order valence-electron chi connectivity index (χ1n) is 4.79. The van der Waals surface area contributed by atoms with Crippen LogP contribution in [0, 0.1) is 0 Å². The zero-order valence-corrected chi connectivity index (χ0v) is 8.38. The Morgan fingerprint density at radius 3 is 2.73 bits per heavy atom. The number of rotatable bonds is 1. The molecule has 0 aliphatic heterocycles. The molecule has 0 aliphatic rings. The summed E-state index contributed by atoms with van der Waals surface area (Å²) in [5.41, 5.74) is 1.35. The molecule has 1 heterocycles. The van der Waals surface area contributed by atoms with Crippen molar-refractivity contribution < 1.29 is 10.4 Å². The lowest BCUT2D eigenvalue weighted by Gasteiger charge is -2.09. The average Bonchev–Trinajstić information content (AvgIpc) is 2.30. The number of hydrogen-bond acceptors (Lipinski definition) is 3. The predicted octanol–water partition coefficient (Wildman–Crippen LogP) is 1.73. The molecule has 2 rings (SSSR count). The average molecular weight is 204 g/mol. The van der Waals surface area contributed by atoms with Crippen molar-refractivity contribution in [1.29, 1.82) is 0 Å². The maximum atomic E-state index is 9.86. The summed E-state index contributed by atoms with van der Waals surface area (Å²) < 4.78 is 1.13. The highest BCUT2D eigenvalue weighted by atomic mass is 16.5. The van der Waals surface area contributed by atoms with Crippen LogP contribution in [0.1, 0.15) is 12.6 Å². The first-order chi connectivity index (χ1) is 7.27. The van der Waals surface area contributed by atoms with Gasteiger partial charge >= 0.3 is 0 Å². The quantitative estimate of drug-likeness (QED) is 0.422. The summed E-state index contributed by atoms with van der Waals surface area (Å²) in [5.74, 6) is 0. The molecular weight excluding hydrogens is 192 g/mol. The van der Waals surface area contributed by atoms with Gasteiger partial charge in [0.25, 0.3) is 0 Å². The molecule has 1 aromatic carbocycles. The molecule has 1 aromatic heterocycles. The minimum Gasteiger partial charge on any atom is -0.428 e. The van der Waals surface area contributed by atoms with Gasteiger partial charge < -0.3 is 10.4 Å². The van der Waals surface area contributed by atoms with Crippen molar-refractivity contribution in [2.45, 2.75) is 13.3 Å². The summed E-state index contributed by atoms with van der Waals surface area (Å²) in [5, 5.41) is 23.2. The summed E-state index contributed by atoms with van der Waals surface area (Å²) >= 11 is 0. The summed E-state index contributed by atoms with van der Waals surface area (Å²) in [7, 11) is 0. The Balaban J connectivity index is 2.97. The standard InChI is InChI=1S/C11H12N2O2/c1-2-8-7-10(12-14)9-5-3-4-6-11(9)13(8)15/h3-7,14-15H,2H2,1H3/b12-10+. The zero-order chi connectivity index (χ0) is 10.8. The van der Waals surface area contributed by atoms with E-state index < -0.39 is 0 Å². The topological polar surface area (TPSA) is 57.8 Å². The lowest BCUT2D eigenvalue weighted by Crippen LogP contribution is -2.12. The molecule has 0 amide bonds. The third-order valence-corrected chi connectivity index (χ3v) is 2.45. The molecule has 4 nitrogen and oxygen atoms in total. The Bertz CT molecular complexity index is 558. The fraction of sp³-hybridized carbons (Fsp3) is 0.182. The van der Waals surface area contributed by atoms with E-state index in [2.05, 4.69) is 5.16 Å². The number of para-hydroxylation sites is 1. The number of nitrogens with zero attached hydrogens (tertiary/aromatic N) is 2. The SMILES string of the molecule is CCc1c/c(=N\O)c2ccccc2n1O. The van der Waals surface area contributed by atoms with Crippen molar-refractivity contribution in [3.05, 3.63) is 41.4 Å². The second-order valence-electron chi connectivity index (χ2n) is 3.30. The molecule has 0 atom stereocenters. The van der Waals surface area contributed by atoms with E-state index in [4.69, 9.17) is 5.21 Å². The van der Waals surface area contributed by atoms with Crippen LogP contribution < -0.4 is 5.36 Å². The van der Waals surface area contributed by atoms with Crippen LogP contribution in [0.4, 0.5) is 0 Å². The van der Waals surface area contributed by atoms with E-state index in [1.165, 1.54) is 0 Å². The normalized spacial score (nSPS) is 12.2. The van der Waals surface area contributed by atoms with Gasteiger partial charge in [0.15, 0.2) is 0 Å². The van der Waals surface area contributed by atoms with Gasteiger partial charge in [0.2, 0.25) is 0 Å². The van der Waals surface area contributed by atoms with Crippen LogP contribution in [-0.2, 0) is 6.42 Å². The third kappa shape index (κ3) is 1.44. The molecule has 0 radical (unpaired) electrons. The maximum Gasteiger partial charge on any atom is 0.113 e. The van der Waals surface area contributed by atoms with Gasteiger partial charge in [-0.25, -0.2) is 0 Å². The molecule has 0 saturated carbocycles. The maximum absolute atomic E-state index is 9.86. The Hall–Kier alpha value is -1.97. The van der Waals surface area contributed by atoms with E-state index in [9.17, 15) is 5.21 Å². The van der Waals surface area contributed by atoms with Gasteiger partial charge in [0.1, 0.15) is 5.36 Å². The van der Waals surface area contributed by atoms with Crippen LogP contribution in [0.5, 0.6) is 0 Å². The number of benzene rings is 1. The number of aromatic nitrogens is 1. The van der Waals surface area contributed by atoms with Gasteiger partial charge in [0, 0.05) is 5.39 Å². The Morgan fingerprint density at radius 1 is 1.33 bits per heavy atom. The summed E-state index contributed by atoms with van der Waals surface area (Å²) in [6.07, 6.45) is 0.670. The molecule has 0 saturated heterocycles. The zero-order valence-electron chi connectivity index (χ0n) is 8.38. The van der Waals surface area contributed by atoms with Crippen molar-refractivity contribution >= 4 is 10.9 Å². The molecule has 4 heteroatoms. The summed E-state index contributed by atoms with van der Waals surface area (Å²) in [4.78, 5) is 0. The summed E-state index contributed by atoms with van der Waals surface area (Å²) in [6.45, 7) is 1.93. The van der Waals surface area contributed by atoms with Crippen LogP contribution >= 0.6 is 0 Å². The van der Waals surface area contributed by atoms with E-state index in [1.807, 2.05) is 19.1 Å². The number of fused-ring (bicyclic) bond motifs is 1. The van der Waals surface area contributed by atoms with E-state index >= 15 is 0 Å². The second-order valence-corrected chi connectivity index (χ2v) is 3.30. The molecule has 2 aromatic rings. The van der Waals surface area contributed by atoms with Crippen LogP contribution in [0.15, 0.2) is 35.5 Å². The van der Waals surface area contributed by atoms with E-state index in [-0.39, 0.29) is 0 Å². The highest BCUT2D eigenvalue weighted by molar-refractivity contribution is 5.78. The number of hydrogen-bond donors (Lipinski definition) is 2. The fourth-order valence-corrected chi connectivity index (χ4v) is 1.66. The van der Waals surface area contributed by atoms with Gasteiger partial charge in [-0.15, -0.1) is 0 Å². The minimum absolute atomic E-state index is 0.479. The number of aryl methyl sites for hydroxylation is 1.